The number of hydrogen-bond donors (Lipinski definition) is 3. The average molecular weight is 383 g/mol. The van der Waals surface area contributed by atoms with Crippen LogP contribution in [0.1, 0.15) is 20.3 Å². The number of thioether (sulfide) groups is 1. The summed E-state index contributed by atoms with van der Waals surface area (Å²) in [7, 11) is 3.42. The molecule has 0 bridgehead atoms. The van der Waals surface area contributed by atoms with Crippen LogP contribution >= 0.6 is 11.8 Å². The smallest absolute Gasteiger partial charge is 0.353 e. The van der Waals surface area contributed by atoms with Gasteiger partial charge in [0.2, 0.25) is 11.8 Å². The second-order valence-electron chi connectivity index (χ2n) is 7.44. The lowest BCUT2D eigenvalue weighted by atomic mass is 9.79. The Kier molecular flexibility index (Phi) is 5.06. The molecule has 9 heteroatoms. The number of aliphatic hydroxyl groups is 1. The highest BCUT2D eigenvalue weighted by Gasteiger charge is 2.60. The summed E-state index contributed by atoms with van der Waals surface area (Å²) in [5, 5.41) is 22.8. The largest absolute Gasteiger partial charge is 0.477 e. The Bertz CT molecular complexity index is 677. The first-order chi connectivity index (χ1) is 12.1. The molecule has 8 nitrogen and oxygen atoms in total. The molecule has 0 saturated carbocycles. The predicted octanol–water partition coefficient (Wildman–Crippen LogP) is -0.308. The Balaban J connectivity index is 1.78. The summed E-state index contributed by atoms with van der Waals surface area (Å²) in [4.78, 5) is 39.8. The number of likely N-dealkylation sites (N-methyl/N-ethyl adjacent to an activating group) is 1. The number of aliphatic carboxylic acids is 1. The van der Waals surface area contributed by atoms with Gasteiger partial charge in [-0.3, -0.25) is 9.59 Å². The maximum atomic E-state index is 12.3. The maximum Gasteiger partial charge on any atom is 0.353 e. The van der Waals surface area contributed by atoms with Gasteiger partial charge in [0, 0.05) is 36.7 Å². The molecule has 3 N–H and O–H groups in total. The molecule has 3 rings (SSSR count). The van der Waals surface area contributed by atoms with E-state index < -0.39 is 18.0 Å². The van der Waals surface area contributed by atoms with Crippen molar-refractivity contribution in [1.82, 2.24) is 15.1 Å². The lowest BCUT2D eigenvalue weighted by molar-refractivity contribution is -0.163. The molecule has 3 heterocycles. The lowest BCUT2D eigenvalue weighted by Gasteiger charge is -2.46. The van der Waals surface area contributed by atoms with Crippen LogP contribution in [0.4, 0.5) is 0 Å². The molecule has 3 aliphatic rings. The third-order valence-electron chi connectivity index (χ3n) is 5.43. The molecule has 144 valence electrons. The standard InChI is InChI=1S/C17H25N3O5S/c1-7-12-11(8(2)21)16(23)20(12)13(17(24)25)14(7)26-9-5-10(18-6-9)15(22)19(3)4/h7-12,18,21H,5-6H2,1-4H3,(H,24,25)/t7-,8+,9-,10-,11+,12+/m0/s1. The number of aliphatic hydroxyl groups excluding tert-OH is 1. The van der Waals surface area contributed by atoms with Crippen LogP contribution in [0, 0.1) is 11.8 Å². The fourth-order valence-electron chi connectivity index (χ4n) is 4.15. The highest BCUT2D eigenvalue weighted by molar-refractivity contribution is 8.03. The summed E-state index contributed by atoms with van der Waals surface area (Å²) in [5.41, 5.74) is 0.0387. The zero-order valence-corrected chi connectivity index (χ0v) is 16.1. The van der Waals surface area contributed by atoms with E-state index in [1.165, 1.54) is 16.7 Å². The molecule has 6 atom stereocenters. The van der Waals surface area contributed by atoms with E-state index in [0.717, 1.165) is 0 Å². The lowest BCUT2D eigenvalue weighted by Crippen LogP contribution is -2.63. The Morgan fingerprint density at radius 1 is 1.38 bits per heavy atom. The molecular weight excluding hydrogens is 358 g/mol. The van der Waals surface area contributed by atoms with Crippen LogP contribution in [-0.4, -0.2) is 81.9 Å². The summed E-state index contributed by atoms with van der Waals surface area (Å²) in [5.74, 6) is -2.14. The van der Waals surface area contributed by atoms with Crippen molar-refractivity contribution in [3.05, 3.63) is 10.6 Å². The second kappa shape index (κ2) is 6.86. The zero-order valence-electron chi connectivity index (χ0n) is 15.3. The van der Waals surface area contributed by atoms with Crippen molar-refractivity contribution in [1.29, 1.82) is 0 Å². The number of carbonyl (C=O) groups is 3. The molecular formula is C17H25N3O5S. The maximum absolute atomic E-state index is 12.3. The number of rotatable bonds is 5. The summed E-state index contributed by atoms with van der Waals surface area (Å²) < 4.78 is 0. The zero-order chi connectivity index (χ0) is 19.3. The van der Waals surface area contributed by atoms with E-state index in [2.05, 4.69) is 5.32 Å². The fraction of sp³-hybridized carbons (Fsp3) is 0.706. The molecule has 26 heavy (non-hydrogen) atoms. The molecule has 2 saturated heterocycles. The number of β-lactam (4-membered cyclic amide) rings is 1. The molecule has 3 aliphatic heterocycles. The Morgan fingerprint density at radius 3 is 2.58 bits per heavy atom. The first-order valence-electron chi connectivity index (χ1n) is 8.75. The van der Waals surface area contributed by atoms with Gasteiger partial charge in [0.25, 0.3) is 0 Å². The first kappa shape index (κ1) is 19.2. The van der Waals surface area contributed by atoms with Crippen molar-refractivity contribution in [3.63, 3.8) is 0 Å². The van der Waals surface area contributed by atoms with E-state index in [9.17, 15) is 24.6 Å². The summed E-state index contributed by atoms with van der Waals surface area (Å²) in [6.07, 6.45) is -0.190. The van der Waals surface area contributed by atoms with Gasteiger partial charge in [-0.15, -0.1) is 11.8 Å². The van der Waals surface area contributed by atoms with E-state index >= 15 is 0 Å². The number of carbonyl (C=O) groups excluding carboxylic acids is 2. The average Bonchev–Trinajstić information content (AvgIpc) is 3.09. The van der Waals surface area contributed by atoms with Gasteiger partial charge in [0.1, 0.15) is 5.70 Å². The number of hydrogen-bond acceptors (Lipinski definition) is 6. The number of nitrogens with zero attached hydrogens (tertiary/aromatic N) is 2. The van der Waals surface area contributed by atoms with Gasteiger partial charge in [0.05, 0.1) is 24.1 Å². The minimum absolute atomic E-state index is 0.00757. The van der Waals surface area contributed by atoms with Crippen LogP contribution in [-0.2, 0) is 14.4 Å². The minimum Gasteiger partial charge on any atom is -0.477 e. The molecule has 0 spiro atoms. The second-order valence-corrected chi connectivity index (χ2v) is 8.78. The molecule has 0 aliphatic carbocycles. The van der Waals surface area contributed by atoms with Crippen LogP contribution in [0.2, 0.25) is 0 Å². The van der Waals surface area contributed by atoms with Crippen LogP contribution in [0.5, 0.6) is 0 Å². The number of carboxylic acids is 1. The normalized spacial score (nSPS) is 34.6. The molecule has 0 radical (unpaired) electrons. The fourth-order valence-corrected chi connectivity index (χ4v) is 5.63. The quantitative estimate of drug-likeness (QED) is 0.559. The number of amides is 2. The van der Waals surface area contributed by atoms with E-state index in [4.69, 9.17) is 0 Å². The Labute approximate surface area is 156 Å². The van der Waals surface area contributed by atoms with Crippen molar-refractivity contribution >= 4 is 29.5 Å². The summed E-state index contributed by atoms with van der Waals surface area (Å²) in [6, 6.07) is -0.568. The van der Waals surface area contributed by atoms with Crippen molar-refractivity contribution in [2.75, 3.05) is 20.6 Å². The molecule has 2 amide bonds. The summed E-state index contributed by atoms with van der Waals surface area (Å²) >= 11 is 1.45. The number of nitrogens with one attached hydrogen (secondary N) is 1. The van der Waals surface area contributed by atoms with Gasteiger partial charge < -0.3 is 25.3 Å². The number of carboxylic acid groups (broad SMARTS) is 1. The predicted molar refractivity (Wildman–Crippen MR) is 96.1 cm³/mol. The van der Waals surface area contributed by atoms with Gasteiger partial charge in [-0.1, -0.05) is 6.92 Å². The van der Waals surface area contributed by atoms with Gasteiger partial charge in [-0.2, -0.15) is 0 Å². The van der Waals surface area contributed by atoms with Crippen LogP contribution < -0.4 is 5.32 Å². The first-order valence-corrected chi connectivity index (χ1v) is 9.62. The Hall–Kier alpha value is -1.58. The molecule has 0 aromatic heterocycles. The van der Waals surface area contributed by atoms with Crippen molar-refractivity contribution in [3.8, 4) is 0 Å². The SMILES string of the molecule is C[C@@H]1C(S[C@@H]2CN[C@H](C(=O)N(C)C)C2)=C(C(=O)O)N2C(=O)[C@H]([C@@H](C)O)[C@@H]12. The third kappa shape index (κ3) is 2.91. The highest BCUT2D eigenvalue weighted by atomic mass is 32.2. The minimum atomic E-state index is -1.12. The monoisotopic (exact) mass is 383 g/mol. The molecule has 2 fully saturated rings. The van der Waals surface area contributed by atoms with Gasteiger partial charge in [0.15, 0.2) is 0 Å². The van der Waals surface area contributed by atoms with Crippen molar-refractivity contribution in [2.45, 2.75) is 43.7 Å². The van der Waals surface area contributed by atoms with Gasteiger partial charge >= 0.3 is 5.97 Å². The van der Waals surface area contributed by atoms with E-state index in [1.807, 2.05) is 6.92 Å². The van der Waals surface area contributed by atoms with Crippen LogP contribution in [0.3, 0.4) is 0 Å². The summed E-state index contributed by atoms with van der Waals surface area (Å²) in [6.45, 7) is 4.08. The van der Waals surface area contributed by atoms with Gasteiger partial charge in [-0.05, 0) is 13.3 Å². The van der Waals surface area contributed by atoms with Gasteiger partial charge in [-0.25, -0.2) is 4.79 Å². The highest BCUT2D eigenvalue weighted by Crippen LogP contribution is 2.51. The molecule has 0 unspecified atom stereocenters. The van der Waals surface area contributed by atoms with E-state index in [-0.39, 0.29) is 40.8 Å². The van der Waals surface area contributed by atoms with Crippen LogP contribution in [0.25, 0.3) is 0 Å². The van der Waals surface area contributed by atoms with Crippen LogP contribution in [0.15, 0.2) is 10.6 Å². The number of fused-ring (bicyclic) bond motifs is 1. The Morgan fingerprint density at radius 2 is 2.04 bits per heavy atom. The van der Waals surface area contributed by atoms with E-state index in [0.29, 0.717) is 17.9 Å². The third-order valence-corrected chi connectivity index (χ3v) is 6.95. The van der Waals surface area contributed by atoms with Crippen molar-refractivity contribution in [2.24, 2.45) is 11.8 Å². The van der Waals surface area contributed by atoms with Crippen molar-refractivity contribution < 1.29 is 24.6 Å². The topological polar surface area (TPSA) is 110 Å². The molecule has 0 aromatic carbocycles. The molecule has 0 aromatic rings. The van der Waals surface area contributed by atoms with E-state index in [1.54, 1.807) is 25.9 Å².